The van der Waals surface area contributed by atoms with Crippen LogP contribution in [0.4, 0.5) is 59.7 Å². The van der Waals surface area contributed by atoms with Crippen LogP contribution < -0.4 is 20.9 Å². The van der Waals surface area contributed by atoms with Crippen LogP contribution in [0, 0.1) is 46.5 Å². The standard InChI is InChI=1S/C19H7F11N2O2/c20-4-1-6(31)13(24)17(11(4)22)33-8-3-9(15(26)16(27)10(8)19(28,29)30)34-18-12(23)5(21)2-7(32)14(18)25/h1-3H,31-32H2. The second-order valence-electron chi connectivity index (χ2n) is 6.39. The summed E-state index contributed by atoms with van der Waals surface area (Å²) in [6.07, 6.45) is -5.79. The quantitative estimate of drug-likeness (QED) is 0.240. The Morgan fingerprint density at radius 2 is 0.941 bits per heavy atom. The predicted octanol–water partition coefficient (Wildman–Crippen LogP) is 6.57. The van der Waals surface area contributed by atoms with E-state index in [1.807, 2.05) is 0 Å². The molecule has 0 atom stereocenters. The Morgan fingerprint density at radius 3 is 1.35 bits per heavy atom. The highest BCUT2D eigenvalue weighted by atomic mass is 19.4. The molecule has 0 amide bonds. The average molecular weight is 504 g/mol. The van der Waals surface area contributed by atoms with Crippen molar-refractivity contribution in [1.82, 2.24) is 0 Å². The first-order valence-corrected chi connectivity index (χ1v) is 8.45. The van der Waals surface area contributed by atoms with Crippen LogP contribution in [0.5, 0.6) is 23.0 Å². The van der Waals surface area contributed by atoms with E-state index in [2.05, 4.69) is 9.47 Å². The third kappa shape index (κ3) is 4.20. The molecule has 15 heteroatoms. The number of rotatable bonds is 4. The number of hydrogen-bond acceptors (Lipinski definition) is 4. The van der Waals surface area contributed by atoms with Crippen molar-refractivity contribution >= 4 is 11.4 Å². The summed E-state index contributed by atoms with van der Waals surface area (Å²) in [5.41, 5.74) is 5.27. The topological polar surface area (TPSA) is 70.5 Å². The van der Waals surface area contributed by atoms with Gasteiger partial charge in [-0.3, -0.25) is 0 Å². The number of nitrogens with two attached hydrogens (primary N) is 2. The Balaban J connectivity index is 2.26. The Labute approximate surface area is 181 Å². The van der Waals surface area contributed by atoms with E-state index in [1.54, 1.807) is 0 Å². The molecule has 0 aliphatic heterocycles. The molecule has 34 heavy (non-hydrogen) atoms. The second kappa shape index (κ2) is 8.46. The maximum Gasteiger partial charge on any atom is 0.422 e. The van der Waals surface area contributed by atoms with Crippen LogP contribution in [-0.2, 0) is 6.18 Å². The lowest BCUT2D eigenvalue weighted by atomic mass is 10.1. The molecule has 0 saturated heterocycles. The molecule has 182 valence electrons. The van der Waals surface area contributed by atoms with Gasteiger partial charge in [-0.05, 0) is 0 Å². The van der Waals surface area contributed by atoms with E-state index in [-0.39, 0.29) is 18.2 Å². The number of ether oxygens (including phenoxy) is 2. The highest BCUT2D eigenvalue weighted by Crippen LogP contribution is 2.46. The number of hydrogen-bond donors (Lipinski definition) is 2. The molecular formula is C19H7F11N2O2. The van der Waals surface area contributed by atoms with Crippen LogP contribution in [0.2, 0.25) is 0 Å². The zero-order valence-corrected chi connectivity index (χ0v) is 15.9. The number of alkyl halides is 3. The Kier molecular flexibility index (Phi) is 6.15. The van der Waals surface area contributed by atoms with Gasteiger partial charge in [0.25, 0.3) is 0 Å². The van der Waals surface area contributed by atoms with Crippen LogP contribution in [0.25, 0.3) is 0 Å². The molecule has 4 N–H and O–H groups in total. The summed E-state index contributed by atoms with van der Waals surface area (Å²) in [6.45, 7) is 0. The smallest absolute Gasteiger partial charge is 0.422 e. The number of halogens is 11. The first kappa shape index (κ1) is 24.7. The van der Waals surface area contributed by atoms with E-state index in [1.165, 1.54) is 0 Å². The van der Waals surface area contributed by atoms with Crippen molar-refractivity contribution in [2.24, 2.45) is 0 Å². The zero-order chi connectivity index (χ0) is 25.7. The normalized spacial score (nSPS) is 11.6. The summed E-state index contributed by atoms with van der Waals surface area (Å²) in [7, 11) is 0. The minimum atomic E-state index is -5.79. The van der Waals surface area contributed by atoms with Crippen LogP contribution in [-0.4, -0.2) is 0 Å². The zero-order valence-electron chi connectivity index (χ0n) is 15.9. The van der Waals surface area contributed by atoms with E-state index in [9.17, 15) is 48.3 Å². The van der Waals surface area contributed by atoms with Gasteiger partial charge in [-0.2, -0.15) is 26.3 Å². The fraction of sp³-hybridized carbons (Fsp3) is 0.0526. The molecule has 0 heterocycles. The van der Waals surface area contributed by atoms with Crippen molar-refractivity contribution < 1.29 is 57.8 Å². The van der Waals surface area contributed by atoms with Gasteiger partial charge in [0.15, 0.2) is 34.8 Å². The van der Waals surface area contributed by atoms with Crippen molar-refractivity contribution in [3.05, 3.63) is 70.3 Å². The third-order valence-corrected chi connectivity index (χ3v) is 4.13. The number of benzene rings is 3. The monoisotopic (exact) mass is 504 g/mol. The molecule has 0 spiro atoms. The van der Waals surface area contributed by atoms with Crippen LogP contribution in [0.3, 0.4) is 0 Å². The molecule has 0 saturated carbocycles. The van der Waals surface area contributed by atoms with Crippen molar-refractivity contribution in [2.45, 2.75) is 6.18 Å². The fourth-order valence-corrected chi connectivity index (χ4v) is 2.60. The van der Waals surface area contributed by atoms with E-state index in [0.717, 1.165) is 0 Å². The van der Waals surface area contributed by atoms with Gasteiger partial charge in [0.2, 0.25) is 29.0 Å². The second-order valence-corrected chi connectivity index (χ2v) is 6.39. The molecule has 0 aliphatic carbocycles. The Hall–Kier alpha value is -3.91. The summed E-state index contributed by atoms with van der Waals surface area (Å²) in [5.74, 6) is -24.5. The van der Waals surface area contributed by atoms with Gasteiger partial charge in [0.1, 0.15) is 11.3 Å². The lowest BCUT2D eigenvalue weighted by molar-refractivity contribution is -0.141. The maximum absolute atomic E-state index is 14.3. The summed E-state index contributed by atoms with van der Waals surface area (Å²) < 4.78 is 160. The van der Waals surface area contributed by atoms with E-state index >= 15 is 0 Å². The average Bonchev–Trinajstić information content (AvgIpc) is 2.73. The van der Waals surface area contributed by atoms with Crippen molar-refractivity contribution in [1.29, 1.82) is 0 Å². The minimum Gasteiger partial charge on any atom is -0.450 e. The van der Waals surface area contributed by atoms with Gasteiger partial charge < -0.3 is 20.9 Å². The van der Waals surface area contributed by atoms with Crippen LogP contribution >= 0.6 is 0 Å². The molecule has 0 aromatic heterocycles. The summed E-state index contributed by atoms with van der Waals surface area (Å²) >= 11 is 0. The van der Waals surface area contributed by atoms with E-state index in [4.69, 9.17) is 11.5 Å². The molecule has 4 nitrogen and oxygen atoms in total. The number of anilines is 2. The first-order valence-electron chi connectivity index (χ1n) is 8.45. The lowest BCUT2D eigenvalue weighted by Gasteiger charge is -2.18. The number of nitrogen functional groups attached to an aromatic ring is 2. The van der Waals surface area contributed by atoms with Crippen LogP contribution in [0.15, 0.2) is 18.2 Å². The molecule has 0 bridgehead atoms. The predicted molar refractivity (Wildman–Crippen MR) is 93.0 cm³/mol. The fourth-order valence-electron chi connectivity index (χ4n) is 2.60. The van der Waals surface area contributed by atoms with Crippen molar-refractivity contribution in [3.8, 4) is 23.0 Å². The van der Waals surface area contributed by atoms with Gasteiger partial charge in [0, 0.05) is 18.2 Å². The van der Waals surface area contributed by atoms with Gasteiger partial charge in [-0.1, -0.05) is 0 Å². The van der Waals surface area contributed by atoms with Gasteiger partial charge >= 0.3 is 6.18 Å². The molecule has 0 fully saturated rings. The highest BCUT2D eigenvalue weighted by Gasteiger charge is 2.42. The Morgan fingerprint density at radius 1 is 0.529 bits per heavy atom. The van der Waals surface area contributed by atoms with E-state index in [0.29, 0.717) is 0 Å². The SMILES string of the molecule is Nc1cc(F)c(F)c(Oc2cc(Oc3c(F)c(N)cc(F)c3F)c(C(F)(F)F)c(F)c2F)c1F. The molecule has 0 aliphatic rings. The first-order chi connectivity index (χ1) is 15.6. The maximum atomic E-state index is 14.3. The highest BCUT2D eigenvalue weighted by molar-refractivity contribution is 5.53. The van der Waals surface area contributed by atoms with Gasteiger partial charge in [0.05, 0.1) is 11.4 Å². The van der Waals surface area contributed by atoms with Crippen molar-refractivity contribution in [3.63, 3.8) is 0 Å². The summed E-state index contributed by atoms with van der Waals surface area (Å²) in [6, 6.07) is 0.0404. The molecule has 3 aromatic rings. The molecule has 3 rings (SSSR count). The summed E-state index contributed by atoms with van der Waals surface area (Å²) in [5, 5.41) is 0. The summed E-state index contributed by atoms with van der Waals surface area (Å²) in [4.78, 5) is 0. The van der Waals surface area contributed by atoms with Gasteiger partial charge in [-0.25, -0.2) is 22.0 Å². The van der Waals surface area contributed by atoms with Gasteiger partial charge in [-0.15, -0.1) is 0 Å². The van der Waals surface area contributed by atoms with E-state index < -0.39 is 92.7 Å². The largest absolute Gasteiger partial charge is 0.450 e. The minimum absolute atomic E-state index is 0.113. The molecule has 0 unspecified atom stereocenters. The molecule has 0 radical (unpaired) electrons. The van der Waals surface area contributed by atoms with Crippen LogP contribution in [0.1, 0.15) is 5.56 Å². The Bertz CT molecular complexity index is 1260. The molecule has 3 aromatic carbocycles. The van der Waals surface area contributed by atoms with Crippen molar-refractivity contribution in [2.75, 3.05) is 11.5 Å². The third-order valence-electron chi connectivity index (χ3n) is 4.13. The lowest BCUT2D eigenvalue weighted by Crippen LogP contribution is -2.13. The molecular weight excluding hydrogens is 497 g/mol.